The van der Waals surface area contributed by atoms with E-state index in [0.717, 1.165) is 12.0 Å². The van der Waals surface area contributed by atoms with Crippen LogP contribution in [-0.2, 0) is 0 Å². The zero-order valence-corrected chi connectivity index (χ0v) is 9.80. The van der Waals surface area contributed by atoms with Crippen LogP contribution in [0.4, 0.5) is 0 Å². The molecule has 0 fully saturated rings. The number of hydrogen-bond acceptors (Lipinski definition) is 2. The molecule has 2 aromatic carbocycles. The number of nitrogens with zero attached hydrogens (tertiary/aromatic N) is 1. The Morgan fingerprint density at radius 2 is 1.53 bits per heavy atom. The summed E-state index contributed by atoms with van der Waals surface area (Å²) in [5.74, 6) is 0. The molecular weight excluding hydrogens is 210 g/mol. The van der Waals surface area contributed by atoms with Crippen molar-refractivity contribution in [1.82, 2.24) is 0 Å². The highest BCUT2D eigenvalue weighted by Gasteiger charge is 2.02. The maximum Gasteiger partial charge on any atom is 0.0865 e. The first kappa shape index (κ1) is 11.4. The highest BCUT2D eigenvalue weighted by molar-refractivity contribution is 6.00. The lowest BCUT2D eigenvalue weighted by molar-refractivity contribution is 0.318. The second kappa shape index (κ2) is 5.30. The van der Waals surface area contributed by atoms with Crippen LogP contribution in [0.1, 0.15) is 18.9 Å². The summed E-state index contributed by atoms with van der Waals surface area (Å²) >= 11 is 0. The van der Waals surface area contributed by atoms with Crippen LogP contribution in [0, 0.1) is 0 Å². The third kappa shape index (κ3) is 2.53. The Hall–Kier alpha value is -2.09. The van der Waals surface area contributed by atoms with E-state index in [1.54, 1.807) is 0 Å². The molecular formula is C15H15NO. The van der Waals surface area contributed by atoms with Crippen LogP contribution in [0.25, 0.3) is 11.1 Å². The van der Waals surface area contributed by atoms with Crippen molar-refractivity contribution in [2.24, 2.45) is 5.16 Å². The third-order valence-electron chi connectivity index (χ3n) is 2.78. The van der Waals surface area contributed by atoms with E-state index < -0.39 is 0 Å². The first-order chi connectivity index (χ1) is 8.35. The van der Waals surface area contributed by atoms with Gasteiger partial charge in [0.05, 0.1) is 5.71 Å². The molecule has 0 aliphatic carbocycles. The maximum absolute atomic E-state index is 8.85. The van der Waals surface area contributed by atoms with Crippen LogP contribution in [-0.4, -0.2) is 10.9 Å². The predicted octanol–water partition coefficient (Wildman–Crippen LogP) is 3.94. The second-order valence-electron chi connectivity index (χ2n) is 3.84. The van der Waals surface area contributed by atoms with E-state index in [1.807, 2.05) is 49.4 Å². The summed E-state index contributed by atoms with van der Waals surface area (Å²) in [6.45, 7) is 1.97. The Kier molecular flexibility index (Phi) is 3.55. The number of oxime groups is 1. The molecule has 0 atom stereocenters. The van der Waals surface area contributed by atoms with E-state index in [9.17, 15) is 0 Å². The number of rotatable bonds is 3. The van der Waals surface area contributed by atoms with E-state index in [1.165, 1.54) is 11.1 Å². The molecule has 0 unspecified atom stereocenters. The van der Waals surface area contributed by atoms with Crippen molar-refractivity contribution in [3.63, 3.8) is 0 Å². The highest BCUT2D eigenvalue weighted by Crippen LogP contribution is 2.19. The van der Waals surface area contributed by atoms with Gasteiger partial charge in [-0.25, -0.2) is 0 Å². The summed E-state index contributed by atoms with van der Waals surface area (Å²) in [6, 6.07) is 18.3. The van der Waals surface area contributed by atoms with Crippen LogP contribution in [0.5, 0.6) is 0 Å². The van der Waals surface area contributed by atoms with E-state index in [-0.39, 0.29) is 0 Å². The largest absolute Gasteiger partial charge is 0.411 e. The molecule has 0 amide bonds. The van der Waals surface area contributed by atoms with Gasteiger partial charge in [-0.05, 0) is 23.1 Å². The van der Waals surface area contributed by atoms with Gasteiger partial charge in [0.1, 0.15) is 0 Å². The molecule has 2 aromatic rings. The minimum atomic E-state index is 0.713. The first-order valence-electron chi connectivity index (χ1n) is 5.72. The van der Waals surface area contributed by atoms with Crippen LogP contribution in [0.2, 0.25) is 0 Å². The molecule has 0 spiro atoms. The number of hydrogen-bond donors (Lipinski definition) is 1. The fourth-order valence-corrected chi connectivity index (χ4v) is 1.82. The predicted molar refractivity (Wildman–Crippen MR) is 70.5 cm³/mol. The van der Waals surface area contributed by atoms with E-state index >= 15 is 0 Å². The summed E-state index contributed by atoms with van der Waals surface area (Å²) < 4.78 is 0. The van der Waals surface area contributed by atoms with Crippen molar-refractivity contribution < 1.29 is 5.21 Å². The van der Waals surface area contributed by atoms with Crippen molar-refractivity contribution >= 4 is 5.71 Å². The number of benzene rings is 2. The van der Waals surface area contributed by atoms with Gasteiger partial charge in [0.2, 0.25) is 0 Å². The standard InChI is InChI=1S/C15H15NO/c1-2-15(16-17)14-10-8-13(9-11-14)12-6-4-3-5-7-12/h3-11,17H,2H2,1H3. The maximum atomic E-state index is 8.85. The molecule has 0 aliphatic rings. The van der Waals surface area contributed by atoms with Gasteiger partial charge in [-0.2, -0.15) is 0 Å². The van der Waals surface area contributed by atoms with E-state index in [0.29, 0.717) is 5.71 Å². The van der Waals surface area contributed by atoms with Crippen LogP contribution < -0.4 is 0 Å². The van der Waals surface area contributed by atoms with Crippen molar-refractivity contribution in [1.29, 1.82) is 0 Å². The zero-order chi connectivity index (χ0) is 12.1. The van der Waals surface area contributed by atoms with Gasteiger partial charge in [0.15, 0.2) is 0 Å². The van der Waals surface area contributed by atoms with Gasteiger partial charge in [-0.3, -0.25) is 0 Å². The Balaban J connectivity index is 2.31. The molecule has 86 valence electrons. The Morgan fingerprint density at radius 1 is 0.941 bits per heavy atom. The zero-order valence-electron chi connectivity index (χ0n) is 9.80. The highest BCUT2D eigenvalue weighted by atomic mass is 16.4. The second-order valence-corrected chi connectivity index (χ2v) is 3.84. The summed E-state index contributed by atoms with van der Waals surface area (Å²) in [6.07, 6.45) is 0.723. The van der Waals surface area contributed by atoms with Crippen molar-refractivity contribution in [2.45, 2.75) is 13.3 Å². The van der Waals surface area contributed by atoms with Gasteiger partial charge >= 0.3 is 0 Å². The lowest BCUT2D eigenvalue weighted by Gasteiger charge is -2.04. The molecule has 0 heterocycles. The molecule has 0 radical (unpaired) electrons. The third-order valence-corrected chi connectivity index (χ3v) is 2.78. The monoisotopic (exact) mass is 225 g/mol. The van der Waals surface area contributed by atoms with Gasteiger partial charge < -0.3 is 5.21 Å². The van der Waals surface area contributed by atoms with Crippen LogP contribution in [0.15, 0.2) is 59.8 Å². The van der Waals surface area contributed by atoms with Gasteiger partial charge in [0.25, 0.3) is 0 Å². The molecule has 17 heavy (non-hydrogen) atoms. The van der Waals surface area contributed by atoms with E-state index in [4.69, 9.17) is 5.21 Å². The molecule has 0 aromatic heterocycles. The fourth-order valence-electron chi connectivity index (χ4n) is 1.82. The van der Waals surface area contributed by atoms with Crippen molar-refractivity contribution in [2.75, 3.05) is 0 Å². The van der Waals surface area contributed by atoms with Gasteiger partial charge in [-0.1, -0.05) is 66.7 Å². The van der Waals surface area contributed by atoms with Crippen molar-refractivity contribution in [3.05, 3.63) is 60.2 Å². The minimum absolute atomic E-state index is 0.713. The summed E-state index contributed by atoms with van der Waals surface area (Å²) in [7, 11) is 0. The molecule has 1 N–H and O–H groups in total. The Bertz CT molecular complexity index is 500. The normalized spacial score (nSPS) is 11.5. The average molecular weight is 225 g/mol. The summed E-state index contributed by atoms with van der Waals surface area (Å²) in [4.78, 5) is 0. The molecule has 0 bridgehead atoms. The topological polar surface area (TPSA) is 32.6 Å². The van der Waals surface area contributed by atoms with E-state index in [2.05, 4.69) is 17.3 Å². The lowest BCUT2D eigenvalue weighted by Crippen LogP contribution is -1.98. The molecule has 2 heteroatoms. The molecule has 2 nitrogen and oxygen atoms in total. The molecule has 2 rings (SSSR count). The Labute approximate surface area is 101 Å². The molecule has 0 saturated carbocycles. The van der Waals surface area contributed by atoms with Crippen LogP contribution >= 0.6 is 0 Å². The summed E-state index contributed by atoms with van der Waals surface area (Å²) in [5, 5.41) is 12.1. The minimum Gasteiger partial charge on any atom is -0.411 e. The van der Waals surface area contributed by atoms with Gasteiger partial charge in [0, 0.05) is 0 Å². The Morgan fingerprint density at radius 3 is 2.06 bits per heavy atom. The fraction of sp³-hybridized carbons (Fsp3) is 0.133. The smallest absolute Gasteiger partial charge is 0.0865 e. The first-order valence-corrected chi connectivity index (χ1v) is 5.72. The van der Waals surface area contributed by atoms with Crippen LogP contribution in [0.3, 0.4) is 0 Å². The quantitative estimate of drug-likeness (QED) is 0.479. The molecule has 0 saturated heterocycles. The lowest BCUT2D eigenvalue weighted by atomic mass is 10.0. The summed E-state index contributed by atoms with van der Waals surface area (Å²) in [5.41, 5.74) is 4.04. The van der Waals surface area contributed by atoms with Crippen molar-refractivity contribution in [3.8, 4) is 11.1 Å². The average Bonchev–Trinajstić information content (AvgIpc) is 2.42. The molecule has 0 aliphatic heterocycles. The SMILES string of the molecule is CCC(=NO)c1ccc(-c2ccccc2)cc1. The van der Waals surface area contributed by atoms with Gasteiger partial charge in [-0.15, -0.1) is 0 Å².